The van der Waals surface area contributed by atoms with E-state index in [1.165, 1.54) is 17.8 Å². The number of hydrogen-bond donors (Lipinski definition) is 1. The first-order valence-corrected chi connectivity index (χ1v) is 7.18. The molecular formula is C15H17FN2OS. The fraction of sp³-hybridized carbons (Fsp3) is 0.267. The monoisotopic (exact) mass is 292 g/mol. The average molecular weight is 292 g/mol. The molecule has 0 bridgehead atoms. The first kappa shape index (κ1) is 14.7. The normalized spacial score (nSPS) is 10.6. The highest BCUT2D eigenvalue weighted by Gasteiger charge is 2.11. The minimum atomic E-state index is -0.299. The van der Waals surface area contributed by atoms with Crippen molar-refractivity contribution in [1.29, 1.82) is 0 Å². The van der Waals surface area contributed by atoms with Gasteiger partial charge >= 0.3 is 0 Å². The third-order valence-electron chi connectivity index (χ3n) is 3.07. The largest absolute Gasteiger partial charge is 0.496 e. The highest BCUT2D eigenvalue weighted by Crippen LogP contribution is 2.30. The third kappa shape index (κ3) is 3.04. The second-order valence-corrected chi connectivity index (χ2v) is 5.54. The molecule has 0 aliphatic rings. The quantitative estimate of drug-likeness (QED) is 0.689. The average Bonchev–Trinajstić information content (AvgIpc) is 2.40. The number of halogens is 1. The molecule has 3 nitrogen and oxygen atoms in total. The summed E-state index contributed by atoms with van der Waals surface area (Å²) in [5.74, 6) is 1.13. The number of rotatable bonds is 4. The van der Waals surface area contributed by atoms with Gasteiger partial charge in [0.1, 0.15) is 11.6 Å². The molecule has 0 saturated heterocycles. The van der Waals surface area contributed by atoms with Gasteiger partial charge in [0.2, 0.25) is 0 Å². The number of thioether (sulfide) groups is 1. The van der Waals surface area contributed by atoms with Gasteiger partial charge in [-0.3, -0.25) is 4.98 Å². The lowest BCUT2D eigenvalue weighted by Crippen LogP contribution is -1.99. The number of methoxy groups -OCH3 is 1. The van der Waals surface area contributed by atoms with Crippen LogP contribution in [0.15, 0.2) is 29.3 Å². The van der Waals surface area contributed by atoms with Crippen molar-refractivity contribution in [3.05, 3.63) is 47.0 Å². The maximum absolute atomic E-state index is 13.7. The second kappa shape index (κ2) is 6.13. The smallest absolute Gasteiger partial charge is 0.138 e. The molecule has 106 valence electrons. The Labute approximate surface area is 122 Å². The van der Waals surface area contributed by atoms with Gasteiger partial charge in [-0.1, -0.05) is 0 Å². The number of anilines is 1. The number of benzene rings is 1. The number of hydrogen-bond acceptors (Lipinski definition) is 4. The fourth-order valence-electron chi connectivity index (χ4n) is 2.00. The molecule has 2 aromatic rings. The van der Waals surface area contributed by atoms with E-state index in [9.17, 15) is 4.39 Å². The molecule has 1 heterocycles. The molecule has 0 fully saturated rings. The van der Waals surface area contributed by atoms with E-state index in [1.54, 1.807) is 25.4 Å². The molecule has 0 aliphatic heterocycles. The maximum atomic E-state index is 13.7. The van der Waals surface area contributed by atoms with E-state index in [-0.39, 0.29) is 5.82 Å². The minimum Gasteiger partial charge on any atom is -0.496 e. The first-order chi connectivity index (χ1) is 9.52. The second-order valence-electron chi connectivity index (χ2n) is 4.52. The van der Waals surface area contributed by atoms with Gasteiger partial charge in [0.15, 0.2) is 0 Å². The Bertz CT molecular complexity index is 632. The Morgan fingerprint density at radius 1 is 1.35 bits per heavy atom. The van der Waals surface area contributed by atoms with Crippen molar-refractivity contribution in [1.82, 2.24) is 4.98 Å². The van der Waals surface area contributed by atoms with Gasteiger partial charge in [-0.2, -0.15) is 0 Å². The Morgan fingerprint density at radius 2 is 2.10 bits per heavy atom. The van der Waals surface area contributed by atoms with Crippen LogP contribution < -0.4 is 10.5 Å². The summed E-state index contributed by atoms with van der Waals surface area (Å²) in [6, 6.07) is 4.72. The van der Waals surface area contributed by atoms with Crippen LogP contribution >= 0.6 is 11.8 Å². The van der Waals surface area contributed by atoms with Crippen molar-refractivity contribution in [2.24, 2.45) is 0 Å². The number of ether oxygens (including phenoxy) is 1. The summed E-state index contributed by atoms with van der Waals surface area (Å²) < 4.78 is 19.1. The molecule has 2 N–H and O–H groups in total. The van der Waals surface area contributed by atoms with E-state index in [0.29, 0.717) is 16.3 Å². The van der Waals surface area contributed by atoms with Crippen LogP contribution in [0.5, 0.6) is 5.75 Å². The summed E-state index contributed by atoms with van der Waals surface area (Å²) in [7, 11) is 1.64. The molecule has 20 heavy (non-hydrogen) atoms. The number of nitrogens with two attached hydrogens (primary N) is 1. The lowest BCUT2D eigenvalue weighted by atomic mass is 10.1. The fourth-order valence-corrected chi connectivity index (χ4v) is 2.94. The third-order valence-corrected chi connectivity index (χ3v) is 4.13. The predicted molar refractivity (Wildman–Crippen MR) is 80.6 cm³/mol. The number of nitrogens with zero attached hydrogens (tertiary/aromatic N) is 1. The standard InChI is InChI=1S/C15H17FN2OS/c1-9-7-18-13(10(2)15(9)19-3)8-20-14-5-4-11(17)6-12(14)16/h4-7H,8,17H2,1-3H3. The number of pyridine rings is 1. The van der Waals surface area contributed by atoms with Crippen molar-refractivity contribution in [2.45, 2.75) is 24.5 Å². The first-order valence-electron chi connectivity index (χ1n) is 6.19. The van der Waals surface area contributed by atoms with E-state index >= 15 is 0 Å². The van der Waals surface area contributed by atoms with Gasteiger partial charge in [-0.05, 0) is 32.0 Å². The summed E-state index contributed by atoms with van der Waals surface area (Å²) in [5, 5.41) is 0. The van der Waals surface area contributed by atoms with Crippen LogP contribution in [0, 0.1) is 19.7 Å². The molecule has 0 spiro atoms. The summed E-state index contributed by atoms with van der Waals surface area (Å²) in [6.45, 7) is 3.92. The zero-order valence-electron chi connectivity index (χ0n) is 11.7. The van der Waals surface area contributed by atoms with Crippen molar-refractivity contribution < 1.29 is 9.13 Å². The summed E-state index contributed by atoms with van der Waals surface area (Å²) in [6.07, 6.45) is 1.78. The van der Waals surface area contributed by atoms with Crippen LogP contribution in [0.1, 0.15) is 16.8 Å². The van der Waals surface area contributed by atoms with Crippen molar-refractivity contribution >= 4 is 17.4 Å². The molecule has 1 aromatic heterocycles. The van der Waals surface area contributed by atoms with Crippen molar-refractivity contribution in [3.8, 4) is 5.75 Å². The lowest BCUT2D eigenvalue weighted by molar-refractivity contribution is 0.407. The Kier molecular flexibility index (Phi) is 4.49. The number of nitrogen functional groups attached to an aromatic ring is 1. The topological polar surface area (TPSA) is 48.1 Å². The number of aryl methyl sites for hydroxylation is 1. The van der Waals surface area contributed by atoms with E-state index in [2.05, 4.69) is 4.98 Å². The molecule has 0 amide bonds. The molecule has 5 heteroatoms. The molecule has 0 atom stereocenters. The van der Waals surface area contributed by atoms with E-state index in [1.807, 2.05) is 13.8 Å². The van der Waals surface area contributed by atoms with Crippen LogP contribution in [0.25, 0.3) is 0 Å². The van der Waals surface area contributed by atoms with Crippen LogP contribution in [0.3, 0.4) is 0 Å². The Balaban J connectivity index is 2.19. The minimum absolute atomic E-state index is 0.299. The van der Waals surface area contributed by atoms with Crippen LogP contribution in [-0.2, 0) is 5.75 Å². The summed E-state index contributed by atoms with van der Waals surface area (Å²) in [5.41, 5.74) is 8.85. The molecule has 0 saturated carbocycles. The van der Waals surface area contributed by atoms with Crippen LogP contribution in [-0.4, -0.2) is 12.1 Å². The van der Waals surface area contributed by atoms with Gasteiger partial charge in [0.05, 0.1) is 12.8 Å². The van der Waals surface area contributed by atoms with Gasteiger partial charge < -0.3 is 10.5 Å². The highest BCUT2D eigenvalue weighted by atomic mass is 32.2. The Hall–Kier alpha value is -1.75. The predicted octanol–water partition coefficient (Wildman–Crippen LogP) is 3.72. The molecular weight excluding hydrogens is 275 g/mol. The van der Waals surface area contributed by atoms with E-state index in [0.717, 1.165) is 22.6 Å². The van der Waals surface area contributed by atoms with Crippen LogP contribution in [0.4, 0.5) is 10.1 Å². The van der Waals surface area contributed by atoms with Gasteiger partial charge in [0.25, 0.3) is 0 Å². The zero-order valence-corrected chi connectivity index (χ0v) is 12.6. The van der Waals surface area contributed by atoms with Gasteiger partial charge in [-0.25, -0.2) is 4.39 Å². The van der Waals surface area contributed by atoms with Crippen molar-refractivity contribution in [2.75, 3.05) is 12.8 Å². The molecule has 2 rings (SSSR count). The van der Waals surface area contributed by atoms with Crippen molar-refractivity contribution in [3.63, 3.8) is 0 Å². The maximum Gasteiger partial charge on any atom is 0.138 e. The lowest BCUT2D eigenvalue weighted by Gasteiger charge is -2.12. The molecule has 1 aromatic carbocycles. The van der Waals surface area contributed by atoms with E-state index < -0.39 is 0 Å². The zero-order chi connectivity index (χ0) is 14.7. The van der Waals surface area contributed by atoms with Crippen LogP contribution in [0.2, 0.25) is 0 Å². The summed E-state index contributed by atoms with van der Waals surface area (Å²) >= 11 is 1.40. The summed E-state index contributed by atoms with van der Waals surface area (Å²) in [4.78, 5) is 4.97. The van der Waals surface area contributed by atoms with Gasteiger partial charge in [-0.15, -0.1) is 11.8 Å². The Morgan fingerprint density at radius 3 is 2.75 bits per heavy atom. The highest BCUT2D eigenvalue weighted by molar-refractivity contribution is 7.98. The molecule has 0 aliphatic carbocycles. The van der Waals surface area contributed by atoms with Gasteiger partial charge in [0, 0.05) is 33.7 Å². The van der Waals surface area contributed by atoms with E-state index in [4.69, 9.17) is 10.5 Å². The molecule has 0 unspecified atom stereocenters. The molecule has 0 radical (unpaired) electrons. The SMILES string of the molecule is COc1c(C)cnc(CSc2ccc(N)cc2F)c1C. The number of aromatic nitrogens is 1.